The van der Waals surface area contributed by atoms with E-state index in [0.29, 0.717) is 24.0 Å². The molecule has 198 valence electrons. The average Bonchev–Trinajstić information content (AvgIpc) is 3.28. The van der Waals surface area contributed by atoms with E-state index in [9.17, 15) is 24.9 Å². The van der Waals surface area contributed by atoms with Crippen molar-refractivity contribution in [1.29, 1.82) is 0 Å². The van der Waals surface area contributed by atoms with E-state index in [2.05, 4.69) is 12.1 Å². The molecule has 0 saturated carbocycles. The molecule has 1 saturated heterocycles. The van der Waals surface area contributed by atoms with Gasteiger partial charge in [0.15, 0.2) is 5.78 Å². The number of hydrogen-bond donors (Lipinski definition) is 3. The molecule has 3 aromatic carbocycles. The van der Waals surface area contributed by atoms with Crippen molar-refractivity contribution >= 4 is 11.9 Å². The fourth-order valence-electron chi connectivity index (χ4n) is 5.28. The van der Waals surface area contributed by atoms with Crippen LogP contribution in [0.15, 0.2) is 60.7 Å². The second-order valence-electron chi connectivity index (χ2n) is 9.81. The molecule has 0 bridgehead atoms. The van der Waals surface area contributed by atoms with Gasteiger partial charge in [-0.2, -0.15) is 0 Å². The van der Waals surface area contributed by atoms with Crippen LogP contribution in [-0.2, 0) is 33.7 Å². The van der Waals surface area contributed by atoms with Crippen molar-refractivity contribution in [2.75, 3.05) is 0 Å². The second-order valence-corrected chi connectivity index (χ2v) is 9.81. The van der Waals surface area contributed by atoms with Crippen LogP contribution in [-0.4, -0.2) is 58.0 Å². The Hall–Kier alpha value is -3.56. The van der Waals surface area contributed by atoms with Crippen LogP contribution < -0.4 is 0 Å². The molecule has 5 rings (SSSR count). The third-order valence-electron chi connectivity index (χ3n) is 7.26. The van der Waals surface area contributed by atoms with Crippen LogP contribution in [0.2, 0.25) is 0 Å². The molecule has 5 atom stereocenters. The van der Waals surface area contributed by atoms with E-state index in [0.717, 1.165) is 27.8 Å². The summed E-state index contributed by atoms with van der Waals surface area (Å²) in [6, 6.07) is 19.8. The molecule has 1 fully saturated rings. The summed E-state index contributed by atoms with van der Waals surface area (Å²) < 4.78 is 15.9. The summed E-state index contributed by atoms with van der Waals surface area (Å²) in [5.74, 6) is -0.151. The molecule has 2 aliphatic rings. The number of Topliss-reactive ketones (excluding diaryl/α,β-unsaturated/α-hetero) is 1. The Balaban J connectivity index is 1.47. The molecule has 1 aliphatic carbocycles. The van der Waals surface area contributed by atoms with E-state index in [-0.39, 0.29) is 12.4 Å². The molecule has 1 unspecified atom stereocenters. The summed E-state index contributed by atoms with van der Waals surface area (Å²) in [5, 5.41) is 30.0. The summed E-state index contributed by atoms with van der Waals surface area (Å²) >= 11 is 0. The molecule has 8 nitrogen and oxygen atoms in total. The highest BCUT2D eigenvalue weighted by Crippen LogP contribution is 2.42. The van der Waals surface area contributed by atoms with Gasteiger partial charge in [-0.05, 0) is 66.1 Å². The smallest absolute Gasteiger partial charge is 0.429 e. The molecule has 1 aliphatic heterocycles. The SMILES string of the molecule is CC(=O)c1cc2c(c(Cc3ccccc3)c1COC(=O)OC1O[C@@H](C)[C@H](O)[C@@H](O)[C@H]1O)-c1ccccc1C2. The normalized spacial score (nSPS) is 23.9. The number of ether oxygens (including phenoxy) is 3. The molecule has 3 aromatic rings. The maximum Gasteiger partial charge on any atom is 0.511 e. The molecule has 0 amide bonds. The molecular weight excluding hydrogens is 488 g/mol. The molecule has 8 heteroatoms. The minimum absolute atomic E-state index is 0.151. The molecule has 38 heavy (non-hydrogen) atoms. The molecule has 0 radical (unpaired) electrons. The van der Waals surface area contributed by atoms with Gasteiger partial charge < -0.3 is 29.5 Å². The average molecular weight is 519 g/mol. The topological polar surface area (TPSA) is 123 Å². The van der Waals surface area contributed by atoms with Crippen molar-refractivity contribution in [1.82, 2.24) is 0 Å². The molecule has 0 aromatic heterocycles. The van der Waals surface area contributed by atoms with Gasteiger partial charge in [0.1, 0.15) is 24.9 Å². The number of fused-ring (bicyclic) bond motifs is 3. The van der Waals surface area contributed by atoms with Crippen LogP contribution in [0, 0.1) is 0 Å². The van der Waals surface area contributed by atoms with Crippen molar-refractivity contribution in [2.45, 2.75) is 64.0 Å². The molecular formula is C30H30O8. The lowest BCUT2D eigenvalue weighted by molar-refractivity contribution is -0.280. The van der Waals surface area contributed by atoms with E-state index >= 15 is 0 Å². The highest BCUT2D eigenvalue weighted by molar-refractivity contribution is 5.98. The van der Waals surface area contributed by atoms with Crippen molar-refractivity contribution in [3.63, 3.8) is 0 Å². The van der Waals surface area contributed by atoms with Gasteiger partial charge in [-0.25, -0.2) is 4.79 Å². The van der Waals surface area contributed by atoms with Crippen LogP contribution in [0.5, 0.6) is 0 Å². The third kappa shape index (κ3) is 4.96. The Kier molecular flexibility index (Phi) is 7.32. The number of rotatable bonds is 6. The molecule has 1 heterocycles. The maximum atomic E-state index is 12.8. The lowest BCUT2D eigenvalue weighted by Crippen LogP contribution is -2.57. The minimum Gasteiger partial charge on any atom is -0.429 e. The first kappa shape index (κ1) is 26.1. The lowest BCUT2D eigenvalue weighted by Gasteiger charge is -2.38. The Morgan fingerprint density at radius 2 is 1.63 bits per heavy atom. The van der Waals surface area contributed by atoms with Crippen LogP contribution in [0.1, 0.15) is 52.0 Å². The van der Waals surface area contributed by atoms with E-state index in [1.165, 1.54) is 19.4 Å². The maximum absolute atomic E-state index is 12.8. The van der Waals surface area contributed by atoms with Gasteiger partial charge in [0.2, 0.25) is 6.29 Å². The fourth-order valence-corrected chi connectivity index (χ4v) is 5.28. The van der Waals surface area contributed by atoms with E-state index in [1.54, 1.807) is 0 Å². The Morgan fingerprint density at radius 3 is 2.37 bits per heavy atom. The number of aliphatic hydroxyl groups excluding tert-OH is 3. The highest BCUT2D eigenvalue weighted by Gasteiger charge is 2.44. The van der Waals surface area contributed by atoms with E-state index in [1.807, 2.05) is 48.5 Å². The zero-order valence-electron chi connectivity index (χ0n) is 21.2. The first-order chi connectivity index (χ1) is 18.2. The molecule has 0 spiro atoms. The summed E-state index contributed by atoms with van der Waals surface area (Å²) in [4.78, 5) is 25.4. The van der Waals surface area contributed by atoms with Crippen molar-refractivity contribution < 1.29 is 39.1 Å². The van der Waals surface area contributed by atoms with Crippen LogP contribution in [0.4, 0.5) is 4.79 Å². The van der Waals surface area contributed by atoms with Gasteiger partial charge in [-0.15, -0.1) is 0 Å². The summed E-state index contributed by atoms with van der Waals surface area (Å²) in [6.07, 6.45) is -6.80. The zero-order valence-corrected chi connectivity index (χ0v) is 21.2. The fraction of sp³-hybridized carbons (Fsp3) is 0.333. The first-order valence-electron chi connectivity index (χ1n) is 12.6. The monoisotopic (exact) mass is 518 g/mol. The van der Waals surface area contributed by atoms with Gasteiger partial charge in [0.25, 0.3) is 0 Å². The van der Waals surface area contributed by atoms with Crippen molar-refractivity contribution in [3.05, 3.63) is 94.0 Å². The first-order valence-corrected chi connectivity index (χ1v) is 12.6. The van der Waals surface area contributed by atoms with E-state index < -0.39 is 36.9 Å². The van der Waals surface area contributed by atoms with Gasteiger partial charge in [-0.3, -0.25) is 4.79 Å². The zero-order chi connectivity index (χ0) is 27.0. The predicted octanol–water partition coefficient (Wildman–Crippen LogP) is 3.53. The second kappa shape index (κ2) is 10.7. The minimum atomic E-state index is -1.65. The van der Waals surface area contributed by atoms with E-state index in [4.69, 9.17) is 14.2 Å². The number of hydrogen-bond acceptors (Lipinski definition) is 8. The highest BCUT2D eigenvalue weighted by atomic mass is 16.8. The van der Waals surface area contributed by atoms with Crippen LogP contribution in [0.3, 0.4) is 0 Å². The Bertz CT molecular complexity index is 1350. The number of carbonyl (C=O) groups is 2. The number of carbonyl (C=O) groups excluding carboxylic acids is 2. The molecule has 3 N–H and O–H groups in total. The van der Waals surface area contributed by atoms with Gasteiger partial charge >= 0.3 is 6.16 Å². The number of aliphatic hydroxyl groups is 3. The summed E-state index contributed by atoms with van der Waals surface area (Å²) in [6.45, 7) is 2.73. The van der Waals surface area contributed by atoms with Crippen molar-refractivity contribution in [3.8, 4) is 11.1 Å². The van der Waals surface area contributed by atoms with Crippen LogP contribution >= 0.6 is 0 Å². The third-order valence-corrected chi connectivity index (χ3v) is 7.26. The number of benzene rings is 3. The predicted molar refractivity (Wildman–Crippen MR) is 138 cm³/mol. The Morgan fingerprint density at radius 1 is 0.921 bits per heavy atom. The number of ketones is 1. The van der Waals surface area contributed by atoms with Gasteiger partial charge in [0, 0.05) is 11.1 Å². The van der Waals surface area contributed by atoms with Gasteiger partial charge in [-0.1, -0.05) is 54.6 Å². The quantitative estimate of drug-likeness (QED) is 0.262. The lowest BCUT2D eigenvalue weighted by atomic mass is 9.86. The van der Waals surface area contributed by atoms with Crippen molar-refractivity contribution in [2.24, 2.45) is 0 Å². The van der Waals surface area contributed by atoms with Crippen LogP contribution in [0.25, 0.3) is 11.1 Å². The Labute approximate surface area is 220 Å². The van der Waals surface area contributed by atoms with Gasteiger partial charge in [0.05, 0.1) is 6.10 Å². The largest absolute Gasteiger partial charge is 0.511 e. The summed E-state index contributed by atoms with van der Waals surface area (Å²) in [5.41, 5.74) is 7.35. The summed E-state index contributed by atoms with van der Waals surface area (Å²) in [7, 11) is 0. The standard InChI is InChI=1S/C30H30O8/c1-16(31)22-14-20-13-19-10-6-7-11-21(19)25(20)23(12-18-8-4-3-5-9-18)24(22)15-36-30(35)38-29-28(34)27(33)26(32)17(2)37-29/h3-11,14,17,26-29,32-34H,12-13,15H2,1-2H3/t17-,26-,27+,28+,29?/m0/s1.